The quantitative estimate of drug-likeness (QED) is 0.814. The van der Waals surface area contributed by atoms with E-state index in [-0.39, 0.29) is 11.9 Å². The number of rotatable bonds is 5. The summed E-state index contributed by atoms with van der Waals surface area (Å²) in [6, 6.07) is 6.00. The number of hydrogen-bond acceptors (Lipinski definition) is 6. The maximum atomic E-state index is 11.7. The van der Waals surface area contributed by atoms with Gasteiger partial charge in [0.25, 0.3) is 0 Å². The second-order valence-corrected chi connectivity index (χ2v) is 6.59. The summed E-state index contributed by atoms with van der Waals surface area (Å²) in [6.07, 6.45) is 4.03. The number of carbonyl (C=O) groups is 2. The summed E-state index contributed by atoms with van der Waals surface area (Å²) in [7, 11) is 0. The lowest BCUT2D eigenvalue weighted by Gasteiger charge is -2.10. The average Bonchev–Trinajstić information content (AvgIpc) is 2.96. The summed E-state index contributed by atoms with van der Waals surface area (Å²) in [4.78, 5) is 28.3. The first-order chi connectivity index (χ1) is 11.7. The van der Waals surface area contributed by atoms with Gasteiger partial charge in [-0.1, -0.05) is 6.07 Å². The highest BCUT2D eigenvalue weighted by Crippen LogP contribution is 2.26. The van der Waals surface area contributed by atoms with Gasteiger partial charge < -0.3 is 15.4 Å². The minimum Gasteiger partial charge on any atom is -0.461 e. The van der Waals surface area contributed by atoms with Gasteiger partial charge in [-0.05, 0) is 37.5 Å². The Bertz CT molecular complexity index is 757. The van der Waals surface area contributed by atoms with E-state index in [1.807, 2.05) is 18.2 Å². The number of benzene rings is 1. The van der Waals surface area contributed by atoms with E-state index >= 15 is 0 Å². The molecule has 1 aromatic heterocycles. The molecule has 0 radical (unpaired) electrons. The number of thiazole rings is 1. The molecule has 2 heterocycles. The van der Waals surface area contributed by atoms with Crippen LogP contribution in [0.4, 0.5) is 11.4 Å². The Kier molecular flexibility index (Phi) is 5.10. The van der Waals surface area contributed by atoms with Gasteiger partial charge >= 0.3 is 5.97 Å². The molecular weight excluding hydrogens is 326 g/mol. The Morgan fingerprint density at radius 3 is 3.12 bits per heavy atom. The lowest BCUT2D eigenvalue weighted by molar-refractivity contribution is -0.116. The molecule has 0 fully saturated rings. The van der Waals surface area contributed by atoms with Crippen LogP contribution in [0.25, 0.3) is 0 Å². The molecule has 3 rings (SSSR count). The fourth-order valence-electron chi connectivity index (χ4n) is 2.54. The molecule has 2 aromatic rings. The minimum absolute atomic E-state index is 0.0624. The van der Waals surface area contributed by atoms with Gasteiger partial charge in [0.1, 0.15) is 0 Å². The lowest BCUT2D eigenvalue weighted by atomic mass is 10.1. The molecule has 1 aliphatic heterocycles. The molecule has 24 heavy (non-hydrogen) atoms. The monoisotopic (exact) mass is 345 g/mol. The van der Waals surface area contributed by atoms with Crippen LogP contribution >= 0.6 is 11.3 Å². The third-order valence-corrected chi connectivity index (χ3v) is 4.68. The Morgan fingerprint density at radius 2 is 2.29 bits per heavy atom. The zero-order chi connectivity index (χ0) is 16.9. The van der Waals surface area contributed by atoms with Crippen molar-refractivity contribution in [2.75, 3.05) is 17.2 Å². The number of ether oxygens (including phenoxy) is 1. The molecule has 0 atom stereocenters. The summed E-state index contributed by atoms with van der Waals surface area (Å²) in [6.45, 7) is 2.67. The van der Waals surface area contributed by atoms with Gasteiger partial charge in [0.15, 0.2) is 0 Å². The lowest BCUT2D eigenvalue weighted by Crippen LogP contribution is -2.09. The standard InChI is InChI=1S/C17H19N3O3S/c1-2-23-17(22)16-19-10-13(24-16)9-18-12-7-6-11-4-3-5-15(21)20-14(11)8-12/h6-8,10,18H,2-5,9H2,1H3,(H,20,21). The summed E-state index contributed by atoms with van der Waals surface area (Å²) >= 11 is 1.31. The van der Waals surface area contributed by atoms with Gasteiger partial charge in [-0.2, -0.15) is 0 Å². The molecule has 0 aliphatic carbocycles. The van der Waals surface area contributed by atoms with Crippen molar-refractivity contribution in [2.45, 2.75) is 32.7 Å². The summed E-state index contributed by atoms with van der Waals surface area (Å²) in [5, 5.41) is 6.61. The largest absolute Gasteiger partial charge is 0.461 e. The Balaban J connectivity index is 1.65. The Morgan fingerprint density at radius 1 is 1.42 bits per heavy atom. The van der Waals surface area contributed by atoms with Crippen LogP contribution < -0.4 is 10.6 Å². The molecule has 0 saturated carbocycles. The fraction of sp³-hybridized carbons (Fsp3) is 0.353. The summed E-state index contributed by atoms with van der Waals surface area (Å²) < 4.78 is 4.94. The van der Waals surface area contributed by atoms with Crippen LogP contribution in [0, 0.1) is 0 Å². The van der Waals surface area contributed by atoms with E-state index in [0.717, 1.165) is 34.7 Å². The molecule has 0 spiro atoms. The van der Waals surface area contributed by atoms with E-state index in [0.29, 0.717) is 24.6 Å². The first-order valence-electron chi connectivity index (χ1n) is 7.94. The van der Waals surface area contributed by atoms with Gasteiger partial charge in [0.2, 0.25) is 10.9 Å². The van der Waals surface area contributed by atoms with Crippen molar-refractivity contribution in [3.05, 3.63) is 39.8 Å². The third kappa shape index (κ3) is 3.91. The van der Waals surface area contributed by atoms with Gasteiger partial charge in [0, 0.05) is 28.9 Å². The molecule has 1 aromatic carbocycles. The van der Waals surface area contributed by atoms with Crippen LogP contribution in [0.1, 0.15) is 40.0 Å². The van der Waals surface area contributed by atoms with Crippen LogP contribution in [-0.4, -0.2) is 23.5 Å². The first kappa shape index (κ1) is 16.4. The molecular formula is C17H19N3O3S. The van der Waals surface area contributed by atoms with Crippen LogP contribution in [0.15, 0.2) is 24.4 Å². The molecule has 7 heteroatoms. The van der Waals surface area contributed by atoms with Crippen LogP contribution in [0.3, 0.4) is 0 Å². The second-order valence-electron chi connectivity index (χ2n) is 5.48. The maximum Gasteiger partial charge on any atom is 0.367 e. The summed E-state index contributed by atoms with van der Waals surface area (Å²) in [5.41, 5.74) is 2.95. The molecule has 6 nitrogen and oxygen atoms in total. The Hall–Kier alpha value is -2.41. The van der Waals surface area contributed by atoms with Gasteiger partial charge in [0.05, 0.1) is 13.2 Å². The molecule has 0 unspecified atom stereocenters. The number of aromatic nitrogens is 1. The maximum absolute atomic E-state index is 11.7. The molecule has 1 aliphatic rings. The van der Waals surface area contributed by atoms with Crippen molar-refractivity contribution >= 4 is 34.6 Å². The van der Waals surface area contributed by atoms with Crippen molar-refractivity contribution in [3.63, 3.8) is 0 Å². The van der Waals surface area contributed by atoms with Crippen LogP contribution in [0.2, 0.25) is 0 Å². The number of amides is 1. The highest BCUT2D eigenvalue weighted by atomic mass is 32.1. The van der Waals surface area contributed by atoms with Gasteiger partial charge in [-0.3, -0.25) is 4.79 Å². The zero-order valence-electron chi connectivity index (χ0n) is 13.4. The molecule has 1 amide bonds. The van der Waals surface area contributed by atoms with E-state index in [1.54, 1.807) is 13.1 Å². The summed E-state index contributed by atoms with van der Waals surface area (Å²) in [5.74, 6) is -0.325. The smallest absolute Gasteiger partial charge is 0.367 e. The number of anilines is 2. The van der Waals surface area contributed by atoms with Crippen molar-refractivity contribution in [1.82, 2.24) is 4.98 Å². The molecule has 0 saturated heterocycles. The fourth-order valence-corrected chi connectivity index (χ4v) is 3.28. The first-order valence-corrected chi connectivity index (χ1v) is 8.76. The number of nitrogens with one attached hydrogen (secondary N) is 2. The molecule has 2 N–H and O–H groups in total. The number of esters is 1. The van der Waals surface area contributed by atoms with Gasteiger partial charge in [-0.25, -0.2) is 9.78 Å². The zero-order valence-corrected chi connectivity index (χ0v) is 14.2. The predicted molar refractivity (Wildman–Crippen MR) is 93.4 cm³/mol. The van der Waals surface area contributed by atoms with E-state index in [1.165, 1.54) is 11.3 Å². The van der Waals surface area contributed by atoms with E-state index < -0.39 is 0 Å². The highest BCUT2D eigenvalue weighted by molar-refractivity contribution is 7.13. The molecule has 0 bridgehead atoms. The van der Waals surface area contributed by atoms with Crippen molar-refractivity contribution in [1.29, 1.82) is 0 Å². The van der Waals surface area contributed by atoms with Crippen LogP contribution in [0.5, 0.6) is 0 Å². The SMILES string of the molecule is CCOC(=O)c1ncc(CNc2ccc3c(c2)NC(=O)CCC3)s1. The molecule has 126 valence electrons. The average molecular weight is 345 g/mol. The van der Waals surface area contributed by atoms with Crippen molar-refractivity contribution < 1.29 is 14.3 Å². The van der Waals surface area contributed by atoms with Crippen molar-refractivity contribution in [2.24, 2.45) is 0 Å². The number of hydrogen-bond donors (Lipinski definition) is 2. The highest BCUT2D eigenvalue weighted by Gasteiger charge is 2.14. The number of aryl methyl sites for hydroxylation is 1. The predicted octanol–water partition coefficient (Wildman–Crippen LogP) is 3.21. The third-order valence-electron chi connectivity index (χ3n) is 3.70. The van der Waals surface area contributed by atoms with E-state index in [2.05, 4.69) is 15.6 Å². The van der Waals surface area contributed by atoms with E-state index in [9.17, 15) is 9.59 Å². The van der Waals surface area contributed by atoms with E-state index in [4.69, 9.17) is 4.74 Å². The number of carbonyl (C=O) groups excluding carboxylic acids is 2. The normalized spacial score (nSPS) is 13.6. The Labute approximate surface area is 144 Å². The topological polar surface area (TPSA) is 80.3 Å². The minimum atomic E-state index is -0.388. The number of fused-ring (bicyclic) bond motifs is 1. The number of nitrogens with zero attached hydrogens (tertiary/aromatic N) is 1. The van der Waals surface area contributed by atoms with Gasteiger partial charge in [-0.15, -0.1) is 11.3 Å². The van der Waals surface area contributed by atoms with Crippen molar-refractivity contribution in [3.8, 4) is 0 Å². The second kappa shape index (κ2) is 7.44. The van der Waals surface area contributed by atoms with Crippen LogP contribution in [-0.2, 0) is 22.5 Å².